The predicted molar refractivity (Wildman–Crippen MR) is 108 cm³/mol. The maximum atomic E-state index is 4.11. The number of fused-ring (bicyclic) bond motifs is 5. The summed E-state index contributed by atoms with van der Waals surface area (Å²) in [6.07, 6.45) is 20.1. The predicted octanol–water partition coefficient (Wildman–Crippen LogP) is 7.70. The topological polar surface area (TPSA) is 0 Å². The minimum absolute atomic E-state index is 0.570. The van der Waals surface area contributed by atoms with Crippen molar-refractivity contribution < 1.29 is 0 Å². The lowest BCUT2D eigenvalue weighted by molar-refractivity contribution is -0.0424. The molecule has 4 rings (SSSR count). The van der Waals surface area contributed by atoms with Gasteiger partial charge in [-0.25, -0.2) is 0 Å². The molecule has 6 atom stereocenters. The van der Waals surface area contributed by atoms with Crippen LogP contribution in [0, 0.1) is 34.5 Å². The molecular formula is C25H40. The van der Waals surface area contributed by atoms with Gasteiger partial charge in [-0.05, 0) is 112 Å². The van der Waals surface area contributed by atoms with Crippen LogP contribution in [-0.2, 0) is 0 Å². The van der Waals surface area contributed by atoms with E-state index in [1.54, 1.807) is 0 Å². The Morgan fingerprint density at radius 2 is 1.96 bits per heavy atom. The number of allylic oxidation sites excluding steroid dienone is 3. The third kappa shape index (κ3) is 2.87. The first kappa shape index (κ1) is 17.9. The summed E-state index contributed by atoms with van der Waals surface area (Å²) in [5.74, 6) is 4.00. The highest BCUT2D eigenvalue weighted by molar-refractivity contribution is 5.24. The Labute approximate surface area is 156 Å². The summed E-state index contributed by atoms with van der Waals surface area (Å²) in [6.45, 7) is 11.6. The van der Waals surface area contributed by atoms with E-state index in [1.165, 1.54) is 82.6 Å². The Morgan fingerprint density at radius 1 is 1.12 bits per heavy atom. The van der Waals surface area contributed by atoms with Gasteiger partial charge in [0.2, 0.25) is 0 Å². The molecule has 4 aliphatic carbocycles. The Hall–Kier alpha value is -0.520. The summed E-state index contributed by atoms with van der Waals surface area (Å²) in [5.41, 5.74) is 4.45. The largest absolute Gasteiger partial charge is 0.100 e. The van der Waals surface area contributed by atoms with E-state index in [0.717, 1.165) is 23.7 Å². The summed E-state index contributed by atoms with van der Waals surface area (Å²) in [6, 6.07) is 0. The normalized spacial score (nSPS) is 46.0. The van der Waals surface area contributed by atoms with Gasteiger partial charge in [-0.3, -0.25) is 0 Å². The van der Waals surface area contributed by atoms with Crippen molar-refractivity contribution in [1.29, 1.82) is 0 Å². The Kier molecular flexibility index (Phi) is 4.70. The van der Waals surface area contributed by atoms with Crippen LogP contribution in [0.4, 0.5) is 0 Å². The Balaban J connectivity index is 1.51. The summed E-state index contributed by atoms with van der Waals surface area (Å²) in [5, 5.41) is 0. The first-order valence-electron chi connectivity index (χ1n) is 11.3. The summed E-state index contributed by atoms with van der Waals surface area (Å²) < 4.78 is 0. The molecule has 0 aliphatic heterocycles. The van der Waals surface area contributed by atoms with Crippen molar-refractivity contribution >= 4 is 0 Å². The number of rotatable bonds is 4. The van der Waals surface area contributed by atoms with Crippen molar-refractivity contribution in [2.24, 2.45) is 34.5 Å². The smallest absolute Gasteiger partial charge is 0.00853 e. The zero-order chi connectivity index (χ0) is 17.7. The molecule has 0 saturated heterocycles. The van der Waals surface area contributed by atoms with Gasteiger partial charge in [0.15, 0.2) is 0 Å². The van der Waals surface area contributed by atoms with Crippen LogP contribution in [0.15, 0.2) is 23.8 Å². The van der Waals surface area contributed by atoms with Crippen LogP contribution in [0.5, 0.6) is 0 Å². The molecule has 4 aliphatic rings. The molecule has 0 nitrogen and oxygen atoms in total. The number of hydrogen-bond acceptors (Lipinski definition) is 0. The van der Waals surface area contributed by atoms with Crippen molar-refractivity contribution in [3.8, 4) is 0 Å². The van der Waals surface area contributed by atoms with Crippen molar-refractivity contribution in [3.63, 3.8) is 0 Å². The van der Waals surface area contributed by atoms with Gasteiger partial charge in [-0.1, -0.05) is 37.5 Å². The molecule has 0 radical (unpaired) electrons. The lowest BCUT2D eigenvalue weighted by Crippen LogP contribution is -2.49. The fourth-order valence-electron chi connectivity index (χ4n) is 7.93. The molecule has 25 heavy (non-hydrogen) atoms. The molecule has 0 heteroatoms. The van der Waals surface area contributed by atoms with Crippen LogP contribution in [0.1, 0.15) is 97.8 Å². The van der Waals surface area contributed by atoms with Gasteiger partial charge in [0, 0.05) is 0 Å². The van der Waals surface area contributed by atoms with Crippen molar-refractivity contribution in [3.05, 3.63) is 23.8 Å². The van der Waals surface area contributed by atoms with Gasteiger partial charge in [0.05, 0.1) is 0 Å². The van der Waals surface area contributed by atoms with Crippen LogP contribution in [0.3, 0.4) is 0 Å². The lowest BCUT2D eigenvalue weighted by atomic mass is 9.47. The highest BCUT2D eigenvalue weighted by Crippen LogP contribution is 2.66. The van der Waals surface area contributed by atoms with Crippen LogP contribution < -0.4 is 0 Å². The van der Waals surface area contributed by atoms with E-state index in [4.69, 9.17) is 0 Å². The summed E-state index contributed by atoms with van der Waals surface area (Å²) in [4.78, 5) is 0. The second kappa shape index (κ2) is 6.58. The third-order valence-electron chi connectivity index (χ3n) is 9.37. The first-order valence-corrected chi connectivity index (χ1v) is 11.3. The van der Waals surface area contributed by atoms with E-state index in [9.17, 15) is 0 Å². The van der Waals surface area contributed by atoms with Gasteiger partial charge in [0.25, 0.3) is 0 Å². The van der Waals surface area contributed by atoms with Crippen molar-refractivity contribution in [2.45, 2.75) is 97.8 Å². The summed E-state index contributed by atoms with van der Waals surface area (Å²) in [7, 11) is 0. The molecular weight excluding hydrogens is 300 g/mol. The molecule has 6 unspecified atom stereocenters. The molecule has 0 amide bonds. The average molecular weight is 341 g/mol. The molecule has 0 heterocycles. The van der Waals surface area contributed by atoms with Gasteiger partial charge >= 0.3 is 0 Å². The van der Waals surface area contributed by atoms with E-state index in [2.05, 4.69) is 33.4 Å². The van der Waals surface area contributed by atoms with E-state index in [1.807, 2.05) is 5.57 Å². The zero-order valence-electron chi connectivity index (χ0n) is 17.1. The van der Waals surface area contributed by atoms with Gasteiger partial charge < -0.3 is 0 Å². The maximum absolute atomic E-state index is 4.11. The molecule has 0 aromatic carbocycles. The fourth-order valence-corrected chi connectivity index (χ4v) is 7.93. The fraction of sp³-hybridized carbons (Fsp3) is 0.840. The minimum Gasteiger partial charge on any atom is -0.100 e. The molecule has 140 valence electrons. The standard InChI is InChI=1S/C25H40/c1-18(2)8-7-10-20-12-14-22-21-13-11-19-9-5-6-16-24(19,3)23(21)15-17-25(20,22)4/h11,20-23H,1,5-10,12-17H2,2-4H3. The van der Waals surface area contributed by atoms with E-state index in [-0.39, 0.29) is 0 Å². The molecule has 0 aromatic rings. The van der Waals surface area contributed by atoms with Gasteiger partial charge in [-0.15, -0.1) is 6.58 Å². The zero-order valence-corrected chi connectivity index (χ0v) is 17.1. The summed E-state index contributed by atoms with van der Waals surface area (Å²) >= 11 is 0. The van der Waals surface area contributed by atoms with E-state index >= 15 is 0 Å². The number of hydrogen-bond donors (Lipinski definition) is 0. The maximum Gasteiger partial charge on any atom is -0.00853 e. The second-order valence-electron chi connectivity index (χ2n) is 10.6. The lowest BCUT2D eigenvalue weighted by Gasteiger charge is -2.57. The minimum atomic E-state index is 0.570. The van der Waals surface area contributed by atoms with Crippen LogP contribution in [0.25, 0.3) is 0 Å². The van der Waals surface area contributed by atoms with E-state index < -0.39 is 0 Å². The molecule has 0 N–H and O–H groups in total. The quantitative estimate of drug-likeness (QED) is 0.460. The molecule has 0 bridgehead atoms. The Morgan fingerprint density at radius 3 is 2.76 bits per heavy atom. The molecule has 0 spiro atoms. The first-order chi connectivity index (χ1) is 11.9. The van der Waals surface area contributed by atoms with Gasteiger partial charge in [0.1, 0.15) is 0 Å². The Bertz CT molecular complexity index is 554. The molecule has 0 aromatic heterocycles. The van der Waals surface area contributed by atoms with Gasteiger partial charge in [-0.2, -0.15) is 0 Å². The SMILES string of the molecule is C=C(C)CCCC1CCC2C3CC=C4CCCCC4(C)C3CCC12C. The molecule has 3 saturated carbocycles. The van der Waals surface area contributed by atoms with Crippen molar-refractivity contribution in [2.75, 3.05) is 0 Å². The van der Waals surface area contributed by atoms with Crippen LogP contribution in [-0.4, -0.2) is 0 Å². The van der Waals surface area contributed by atoms with Crippen LogP contribution in [0.2, 0.25) is 0 Å². The second-order valence-corrected chi connectivity index (χ2v) is 10.6. The highest BCUT2D eigenvalue weighted by atomic mass is 14.6. The molecule has 3 fully saturated rings. The highest BCUT2D eigenvalue weighted by Gasteiger charge is 2.57. The van der Waals surface area contributed by atoms with Crippen LogP contribution >= 0.6 is 0 Å². The average Bonchev–Trinajstić information content (AvgIpc) is 2.91. The third-order valence-corrected chi connectivity index (χ3v) is 9.37. The van der Waals surface area contributed by atoms with Crippen molar-refractivity contribution in [1.82, 2.24) is 0 Å². The van der Waals surface area contributed by atoms with E-state index in [0.29, 0.717) is 10.8 Å². The monoisotopic (exact) mass is 340 g/mol.